The molecule has 0 spiro atoms. The summed E-state index contributed by atoms with van der Waals surface area (Å²) in [5, 5.41) is 11.7. The molecule has 1 heterocycles. The number of aliphatic carboxylic acids is 1. The van der Waals surface area contributed by atoms with Crippen molar-refractivity contribution >= 4 is 11.9 Å². The van der Waals surface area contributed by atoms with Crippen molar-refractivity contribution in [2.75, 3.05) is 19.8 Å². The average molecular weight is 307 g/mol. The van der Waals surface area contributed by atoms with Crippen molar-refractivity contribution in [2.45, 2.75) is 31.4 Å². The normalized spacial score (nSPS) is 16.9. The summed E-state index contributed by atoms with van der Waals surface area (Å²) < 4.78 is 10.7. The van der Waals surface area contributed by atoms with E-state index in [2.05, 4.69) is 5.32 Å². The second-order valence-corrected chi connectivity index (χ2v) is 5.27. The Morgan fingerprint density at radius 3 is 2.59 bits per heavy atom. The maximum absolute atomic E-state index is 11.9. The molecule has 0 radical (unpaired) electrons. The third-order valence-electron chi connectivity index (χ3n) is 3.53. The van der Waals surface area contributed by atoms with E-state index >= 15 is 0 Å². The number of carboxylic acids is 1. The van der Waals surface area contributed by atoms with Gasteiger partial charge in [0, 0.05) is 19.6 Å². The van der Waals surface area contributed by atoms with Crippen molar-refractivity contribution in [1.82, 2.24) is 5.32 Å². The highest BCUT2D eigenvalue weighted by Crippen LogP contribution is 2.10. The zero-order valence-electron chi connectivity index (χ0n) is 12.4. The highest BCUT2D eigenvalue weighted by molar-refractivity contribution is 5.84. The van der Waals surface area contributed by atoms with E-state index in [0.717, 1.165) is 18.4 Å². The van der Waals surface area contributed by atoms with Gasteiger partial charge in [0.15, 0.2) is 0 Å². The Hall–Kier alpha value is -1.92. The topological polar surface area (TPSA) is 84.9 Å². The Bertz CT molecular complexity index is 485. The van der Waals surface area contributed by atoms with Crippen LogP contribution in [-0.4, -0.2) is 48.9 Å². The molecule has 1 saturated heterocycles. The number of hydrogen-bond acceptors (Lipinski definition) is 4. The Labute approximate surface area is 129 Å². The molecule has 2 N–H and O–H groups in total. The minimum Gasteiger partial charge on any atom is -0.480 e. The summed E-state index contributed by atoms with van der Waals surface area (Å²) in [7, 11) is 0. The van der Waals surface area contributed by atoms with E-state index in [4.69, 9.17) is 9.47 Å². The van der Waals surface area contributed by atoms with Crippen LogP contribution in [-0.2, 0) is 25.5 Å². The number of nitrogens with one attached hydrogen (secondary N) is 1. The Morgan fingerprint density at radius 1 is 1.27 bits per heavy atom. The maximum Gasteiger partial charge on any atom is 0.326 e. The third kappa shape index (κ3) is 5.46. The summed E-state index contributed by atoms with van der Waals surface area (Å²) in [6, 6.07) is 8.25. The summed E-state index contributed by atoms with van der Waals surface area (Å²) in [6.07, 6.45) is 1.79. The van der Waals surface area contributed by atoms with Crippen molar-refractivity contribution in [3.63, 3.8) is 0 Å². The van der Waals surface area contributed by atoms with Crippen molar-refractivity contribution in [2.24, 2.45) is 0 Å². The average Bonchev–Trinajstić information content (AvgIpc) is 2.54. The summed E-state index contributed by atoms with van der Waals surface area (Å²) in [5.41, 5.74) is 0.862. The number of amides is 1. The first kappa shape index (κ1) is 16.5. The Kier molecular flexibility index (Phi) is 6.36. The van der Waals surface area contributed by atoms with Crippen molar-refractivity contribution < 1.29 is 24.2 Å². The molecule has 1 aromatic carbocycles. The molecule has 0 bridgehead atoms. The predicted molar refractivity (Wildman–Crippen MR) is 79.5 cm³/mol. The fourth-order valence-electron chi connectivity index (χ4n) is 2.32. The standard InChI is InChI=1S/C16H21NO5/c18-15(11-22-13-6-8-21-9-7-13)17-14(16(19)20)10-12-4-2-1-3-5-12/h1-5,13-14H,6-11H2,(H,17,18)(H,19,20)/t14-/m1/s1. The van der Waals surface area contributed by atoms with Crippen LogP contribution in [0.2, 0.25) is 0 Å². The minimum absolute atomic E-state index is 0.0110. The summed E-state index contributed by atoms with van der Waals surface area (Å²) in [6.45, 7) is 1.15. The van der Waals surface area contributed by atoms with Crippen LogP contribution in [0.25, 0.3) is 0 Å². The Morgan fingerprint density at radius 2 is 1.95 bits per heavy atom. The first-order chi connectivity index (χ1) is 10.6. The molecule has 1 fully saturated rings. The van der Waals surface area contributed by atoms with Gasteiger partial charge in [-0.2, -0.15) is 0 Å². The number of carbonyl (C=O) groups is 2. The molecule has 0 aromatic heterocycles. The molecule has 6 heteroatoms. The number of benzene rings is 1. The Balaban J connectivity index is 1.79. The molecule has 1 aromatic rings. The van der Waals surface area contributed by atoms with Gasteiger partial charge in [-0.05, 0) is 18.4 Å². The molecule has 1 aliphatic rings. The lowest BCUT2D eigenvalue weighted by Crippen LogP contribution is -2.44. The van der Waals surface area contributed by atoms with Gasteiger partial charge in [-0.25, -0.2) is 4.79 Å². The molecule has 0 unspecified atom stereocenters. The fourth-order valence-corrected chi connectivity index (χ4v) is 2.32. The fraction of sp³-hybridized carbons (Fsp3) is 0.500. The number of hydrogen-bond donors (Lipinski definition) is 2. The number of rotatable bonds is 7. The summed E-state index contributed by atoms with van der Waals surface area (Å²) in [4.78, 5) is 23.1. The van der Waals surface area contributed by atoms with E-state index < -0.39 is 17.9 Å². The maximum atomic E-state index is 11.9. The molecule has 2 rings (SSSR count). The summed E-state index contributed by atoms with van der Waals surface area (Å²) in [5.74, 6) is -1.46. The van der Waals surface area contributed by atoms with Crippen LogP contribution in [0.4, 0.5) is 0 Å². The quantitative estimate of drug-likeness (QED) is 0.785. The molecule has 1 aliphatic heterocycles. The molecule has 0 aliphatic carbocycles. The predicted octanol–water partition coefficient (Wildman–Crippen LogP) is 0.994. The van der Waals surface area contributed by atoms with Crippen LogP contribution in [0.15, 0.2) is 30.3 Å². The van der Waals surface area contributed by atoms with E-state index in [-0.39, 0.29) is 19.1 Å². The lowest BCUT2D eigenvalue weighted by atomic mass is 10.1. The first-order valence-corrected chi connectivity index (χ1v) is 7.40. The number of ether oxygens (including phenoxy) is 2. The van der Waals surface area contributed by atoms with Gasteiger partial charge in [0.1, 0.15) is 12.6 Å². The SMILES string of the molecule is O=C(COC1CCOCC1)N[C@H](Cc1ccccc1)C(=O)O. The van der Waals surface area contributed by atoms with E-state index in [9.17, 15) is 14.7 Å². The second kappa shape index (κ2) is 8.51. The van der Waals surface area contributed by atoms with Gasteiger partial charge >= 0.3 is 5.97 Å². The van der Waals surface area contributed by atoms with Crippen LogP contribution in [0.5, 0.6) is 0 Å². The van der Waals surface area contributed by atoms with E-state index in [0.29, 0.717) is 13.2 Å². The molecular weight excluding hydrogens is 286 g/mol. The van der Waals surface area contributed by atoms with Crippen LogP contribution >= 0.6 is 0 Å². The van der Waals surface area contributed by atoms with Crippen LogP contribution < -0.4 is 5.32 Å². The van der Waals surface area contributed by atoms with E-state index in [1.54, 1.807) is 0 Å². The molecule has 6 nitrogen and oxygen atoms in total. The first-order valence-electron chi connectivity index (χ1n) is 7.40. The van der Waals surface area contributed by atoms with Crippen LogP contribution in [0, 0.1) is 0 Å². The molecule has 1 amide bonds. The summed E-state index contributed by atoms with van der Waals surface area (Å²) >= 11 is 0. The van der Waals surface area contributed by atoms with Gasteiger partial charge in [0.05, 0.1) is 6.10 Å². The van der Waals surface area contributed by atoms with Gasteiger partial charge in [-0.15, -0.1) is 0 Å². The lowest BCUT2D eigenvalue weighted by Gasteiger charge is -2.22. The number of carbonyl (C=O) groups excluding carboxylic acids is 1. The van der Waals surface area contributed by atoms with Crippen molar-refractivity contribution in [3.8, 4) is 0 Å². The third-order valence-corrected chi connectivity index (χ3v) is 3.53. The van der Waals surface area contributed by atoms with E-state index in [1.165, 1.54) is 0 Å². The highest BCUT2D eigenvalue weighted by Gasteiger charge is 2.21. The highest BCUT2D eigenvalue weighted by atomic mass is 16.5. The zero-order valence-corrected chi connectivity index (χ0v) is 12.4. The molecular formula is C16H21NO5. The van der Waals surface area contributed by atoms with Gasteiger partial charge in [-0.1, -0.05) is 30.3 Å². The molecule has 22 heavy (non-hydrogen) atoms. The van der Waals surface area contributed by atoms with Crippen LogP contribution in [0.1, 0.15) is 18.4 Å². The smallest absolute Gasteiger partial charge is 0.326 e. The van der Waals surface area contributed by atoms with E-state index in [1.807, 2.05) is 30.3 Å². The molecule has 120 valence electrons. The monoisotopic (exact) mass is 307 g/mol. The molecule has 0 saturated carbocycles. The lowest BCUT2D eigenvalue weighted by molar-refractivity contribution is -0.143. The number of carboxylic acid groups (broad SMARTS) is 1. The van der Waals surface area contributed by atoms with Gasteiger partial charge in [-0.3, -0.25) is 4.79 Å². The van der Waals surface area contributed by atoms with Gasteiger partial charge in [0.25, 0.3) is 0 Å². The largest absolute Gasteiger partial charge is 0.480 e. The van der Waals surface area contributed by atoms with Crippen LogP contribution in [0.3, 0.4) is 0 Å². The second-order valence-electron chi connectivity index (χ2n) is 5.27. The van der Waals surface area contributed by atoms with Crippen molar-refractivity contribution in [3.05, 3.63) is 35.9 Å². The van der Waals surface area contributed by atoms with Crippen molar-refractivity contribution in [1.29, 1.82) is 0 Å². The minimum atomic E-state index is -1.05. The van der Waals surface area contributed by atoms with Gasteiger partial charge in [0.2, 0.25) is 5.91 Å². The molecule has 1 atom stereocenters. The van der Waals surface area contributed by atoms with Gasteiger partial charge < -0.3 is 19.9 Å². The zero-order chi connectivity index (χ0) is 15.8.